The number of likely N-dealkylation sites (tertiary alicyclic amines) is 1. The number of benzene rings is 1. The summed E-state index contributed by atoms with van der Waals surface area (Å²) in [4.78, 5) is 6.94. The minimum Gasteiger partial charge on any atom is -0.339 e. The van der Waals surface area contributed by atoms with Crippen LogP contribution in [0.25, 0.3) is 0 Å². The van der Waals surface area contributed by atoms with Gasteiger partial charge in [0.2, 0.25) is 5.89 Å². The second kappa shape index (κ2) is 5.54. The van der Waals surface area contributed by atoms with Crippen molar-refractivity contribution in [3.63, 3.8) is 0 Å². The fourth-order valence-electron chi connectivity index (χ4n) is 3.11. The van der Waals surface area contributed by atoms with Crippen molar-refractivity contribution in [3.8, 4) is 6.07 Å². The average Bonchev–Trinajstić information content (AvgIpc) is 3.10. The van der Waals surface area contributed by atoms with E-state index in [4.69, 9.17) is 4.52 Å². The Kier molecular flexibility index (Phi) is 3.39. The van der Waals surface area contributed by atoms with Crippen molar-refractivity contribution in [2.75, 3.05) is 13.1 Å². The molecule has 112 valence electrons. The van der Waals surface area contributed by atoms with Gasteiger partial charge in [-0.25, -0.2) is 0 Å². The minimum atomic E-state index is 0.328. The second-order valence-corrected chi connectivity index (χ2v) is 6.25. The topological polar surface area (TPSA) is 66.0 Å². The van der Waals surface area contributed by atoms with Gasteiger partial charge in [0.15, 0.2) is 5.82 Å². The molecule has 1 aromatic heterocycles. The number of hydrogen-bond donors (Lipinski definition) is 0. The van der Waals surface area contributed by atoms with Gasteiger partial charge < -0.3 is 4.52 Å². The SMILES string of the molecule is N#Cc1ccccc1CN1CCC(c2nc(C3CC3)no2)C1. The molecule has 1 saturated carbocycles. The summed E-state index contributed by atoms with van der Waals surface area (Å²) in [6.07, 6.45) is 3.43. The first-order valence-corrected chi connectivity index (χ1v) is 7.87. The minimum absolute atomic E-state index is 0.328. The van der Waals surface area contributed by atoms with Crippen molar-refractivity contribution < 1.29 is 4.52 Å². The van der Waals surface area contributed by atoms with Crippen LogP contribution in [0.1, 0.15) is 53.9 Å². The van der Waals surface area contributed by atoms with E-state index in [1.54, 1.807) is 0 Å². The smallest absolute Gasteiger partial charge is 0.231 e. The summed E-state index contributed by atoms with van der Waals surface area (Å²) >= 11 is 0. The number of hydrogen-bond acceptors (Lipinski definition) is 5. The first-order valence-electron chi connectivity index (χ1n) is 7.87. The van der Waals surface area contributed by atoms with Crippen molar-refractivity contribution in [2.24, 2.45) is 0 Å². The van der Waals surface area contributed by atoms with Gasteiger partial charge in [-0.2, -0.15) is 10.2 Å². The Morgan fingerprint density at radius 1 is 1.23 bits per heavy atom. The lowest BCUT2D eigenvalue weighted by Crippen LogP contribution is -2.20. The molecule has 1 aromatic carbocycles. The molecular formula is C17H18N4O. The molecule has 22 heavy (non-hydrogen) atoms. The summed E-state index contributed by atoms with van der Waals surface area (Å²) in [5, 5.41) is 13.3. The van der Waals surface area contributed by atoms with Crippen LogP contribution in [0.15, 0.2) is 28.8 Å². The predicted octanol–water partition coefficient (Wildman–Crippen LogP) is 2.81. The zero-order chi connectivity index (χ0) is 14.9. The van der Waals surface area contributed by atoms with Gasteiger partial charge in [-0.05, 0) is 37.4 Å². The van der Waals surface area contributed by atoms with E-state index in [1.165, 1.54) is 12.8 Å². The van der Waals surface area contributed by atoms with Crippen LogP contribution in [0.2, 0.25) is 0 Å². The van der Waals surface area contributed by atoms with Crippen molar-refractivity contribution in [1.29, 1.82) is 5.26 Å². The fourth-order valence-corrected chi connectivity index (χ4v) is 3.11. The maximum atomic E-state index is 9.18. The molecule has 2 heterocycles. The molecule has 2 fully saturated rings. The molecule has 0 bridgehead atoms. The molecule has 0 N–H and O–H groups in total. The van der Waals surface area contributed by atoms with E-state index in [2.05, 4.69) is 21.1 Å². The Morgan fingerprint density at radius 2 is 2.09 bits per heavy atom. The molecule has 1 aliphatic carbocycles. The van der Waals surface area contributed by atoms with Crippen molar-refractivity contribution in [1.82, 2.24) is 15.0 Å². The summed E-state index contributed by atoms with van der Waals surface area (Å²) in [6.45, 7) is 2.74. The van der Waals surface area contributed by atoms with E-state index in [9.17, 15) is 5.26 Å². The molecule has 1 unspecified atom stereocenters. The van der Waals surface area contributed by atoms with E-state index in [1.807, 2.05) is 24.3 Å². The zero-order valence-corrected chi connectivity index (χ0v) is 12.4. The van der Waals surface area contributed by atoms with Crippen molar-refractivity contribution >= 4 is 0 Å². The molecular weight excluding hydrogens is 276 g/mol. The van der Waals surface area contributed by atoms with Crippen LogP contribution < -0.4 is 0 Å². The Balaban J connectivity index is 1.42. The summed E-state index contributed by atoms with van der Waals surface area (Å²) in [7, 11) is 0. The van der Waals surface area contributed by atoms with E-state index in [-0.39, 0.29) is 0 Å². The molecule has 1 aliphatic heterocycles. The molecule has 0 spiro atoms. The van der Waals surface area contributed by atoms with Crippen LogP contribution in [0.5, 0.6) is 0 Å². The molecule has 1 saturated heterocycles. The second-order valence-electron chi connectivity index (χ2n) is 6.25. The van der Waals surface area contributed by atoms with Crippen LogP contribution in [-0.4, -0.2) is 28.1 Å². The largest absolute Gasteiger partial charge is 0.339 e. The van der Waals surface area contributed by atoms with E-state index in [0.29, 0.717) is 11.8 Å². The van der Waals surface area contributed by atoms with Crippen LogP contribution in [-0.2, 0) is 6.54 Å². The van der Waals surface area contributed by atoms with Crippen LogP contribution >= 0.6 is 0 Å². The summed E-state index contributed by atoms with van der Waals surface area (Å²) in [5.41, 5.74) is 1.86. The van der Waals surface area contributed by atoms with Gasteiger partial charge in [0.25, 0.3) is 0 Å². The highest BCUT2D eigenvalue weighted by molar-refractivity contribution is 5.37. The highest BCUT2D eigenvalue weighted by Crippen LogP contribution is 2.39. The molecule has 0 amide bonds. The van der Waals surface area contributed by atoms with Gasteiger partial charge >= 0.3 is 0 Å². The van der Waals surface area contributed by atoms with E-state index >= 15 is 0 Å². The molecule has 2 aliphatic rings. The van der Waals surface area contributed by atoms with Gasteiger partial charge in [-0.3, -0.25) is 4.90 Å². The third-order valence-corrected chi connectivity index (χ3v) is 4.55. The maximum absolute atomic E-state index is 9.18. The van der Waals surface area contributed by atoms with Gasteiger partial charge in [-0.15, -0.1) is 0 Å². The number of rotatable bonds is 4. The molecule has 1 atom stereocenters. The normalized spacial score (nSPS) is 21.9. The Hall–Kier alpha value is -2.19. The van der Waals surface area contributed by atoms with Gasteiger partial charge in [-0.1, -0.05) is 23.4 Å². The molecule has 0 radical (unpaired) electrons. The van der Waals surface area contributed by atoms with Gasteiger partial charge in [0.05, 0.1) is 17.6 Å². The summed E-state index contributed by atoms with van der Waals surface area (Å²) < 4.78 is 5.45. The van der Waals surface area contributed by atoms with Crippen LogP contribution in [0.4, 0.5) is 0 Å². The summed E-state index contributed by atoms with van der Waals surface area (Å²) in [5.74, 6) is 2.55. The zero-order valence-electron chi connectivity index (χ0n) is 12.4. The highest BCUT2D eigenvalue weighted by Gasteiger charge is 2.32. The maximum Gasteiger partial charge on any atom is 0.231 e. The standard InChI is InChI=1S/C17H18N4O/c18-9-13-3-1-2-4-14(13)10-21-8-7-15(11-21)17-19-16(20-22-17)12-5-6-12/h1-4,12,15H,5-8,10-11H2. The van der Waals surface area contributed by atoms with Gasteiger partial charge in [0.1, 0.15) is 0 Å². The number of nitrogens with zero attached hydrogens (tertiary/aromatic N) is 4. The van der Waals surface area contributed by atoms with E-state index in [0.717, 1.165) is 48.9 Å². The highest BCUT2D eigenvalue weighted by atomic mass is 16.5. The fraction of sp³-hybridized carbons (Fsp3) is 0.471. The molecule has 5 nitrogen and oxygen atoms in total. The first-order chi connectivity index (χ1) is 10.8. The number of aromatic nitrogens is 2. The van der Waals surface area contributed by atoms with Gasteiger partial charge in [0, 0.05) is 19.0 Å². The lowest BCUT2D eigenvalue weighted by molar-refractivity contribution is 0.308. The van der Waals surface area contributed by atoms with Crippen molar-refractivity contribution in [3.05, 3.63) is 47.1 Å². The summed E-state index contributed by atoms with van der Waals surface area (Å²) in [6, 6.07) is 10.1. The first kappa shape index (κ1) is 13.5. The number of nitriles is 1. The molecule has 2 aromatic rings. The lowest BCUT2D eigenvalue weighted by atomic mass is 10.1. The van der Waals surface area contributed by atoms with Crippen LogP contribution in [0.3, 0.4) is 0 Å². The Labute approximate surface area is 129 Å². The Bertz CT molecular complexity index is 713. The molecule has 5 heteroatoms. The quantitative estimate of drug-likeness (QED) is 0.867. The molecule has 4 rings (SSSR count). The predicted molar refractivity (Wildman–Crippen MR) is 80.1 cm³/mol. The third kappa shape index (κ3) is 2.62. The third-order valence-electron chi connectivity index (χ3n) is 4.55. The Morgan fingerprint density at radius 3 is 2.91 bits per heavy atom. The average molecular weight is 294 g/mol. The lowest BCUT2D eigenvalue weighted by Gasteiger charge is -2.15. The van der Waals surface area contributed by atoms with E-state index < -0.39 is 0 Å². The van der Waals surface area contributed by atoms with Crippen LogP contribution in [0, 0.1) is 11.3 Å². The van der Waals surface area contributed by atoms with Crippen molar-refractivity contribution in [2.45, 2.75) is 37.6 Å². The monoisotopic (exact) mass is 294 g/mol.